The van der Waals surface area contributed by atoms with Crippen LogP contribution in [0.2, 0.25) is 0 Å². The van der Waals surface area contributed by atoms with Crippen LogP contribution in [0, 0.1) is 5.41 Å². The van der Waals surface area contributed by atoms with Crippen molar-refractivity contribution in [1.29, 1.82) is 0 Å². The molecule has 0 spiro atoms. The summed E-state index contributed by atoms with van der Waals surface area (Å²) >= 11 is 0. The molecule has 1 amide bonds. The maximum absolute atomic E-state index is 12.0. The van der Waals surface area contributed by atoms with Gasteiger partial charge >= 0.3 is 5.97 Å². The zero-order chi connectivity index (χ0) is 15.3. The van der Waals surface area contributed by atoms with Crippen molar-refractivity contribution >= 4 is 11.9 Å². The van der Waals surface area contributed by atoms with Crippen LogP contribution in [-0.2, 0) is 20.7 Å². The number of rotatable bonds is 6. The molecule has 1 aliphatic rings. The normalized spacial score (nSPS) is 21.5. The average Bonchev–Trinajstić information content (AvgIpc) is 2.89. The minimum absolute atomic E-state index is 0.0164. The molecular weight excluding hydrogens is 270 g/mol. The molecule has 1 saturated heterocycles. The van der Waals surface area contributed by atoms with Gasteiger partial charge in [-0.15, -0.1) is 0 Å². The first-order valence-electron chi connectivity index (χ1n) is 7.14. The number of benzene rings is 1. The van der Waals surface area contributed by atoms with Crippen LogP contribution in [0.15, 0.2) is 30.3 Å². The van der Waals surface area contributed by atoms with Crippen LogP contribution < -0.4 is 0 Å². The SMILES string of the molecule is C[C@@]1(C(=O)O)CCN(C(=O)COCCc2ccccc2)C1. The van der Waals surface area contributed by atoms with Crippen LogP contribution in [-0.4, -0.2) is 48.2 Å². The molecule has 2 rings (SSSR count). The van der Waals surface area contributed by atoms with Gasteiger partial charge in [0.1, 0.15) is 6.61 Å². The molecule has 0 bridgehead atoms. The number of nitrogens with zero attached hydrogens (tertiary/aromatic N) is 1. The van der Waals surface area contributed by atoms with Crippen LogP contribution in [0.25, 0.3) is 0 Å². The topological polar surface area (TPSA) is 66.8 Å². The molecule has 5 heteroatoms. The predicted octanol–water partition coefficient (Wildman–Crippen LogP) is 1.57. The number of amides is 1. The summed E-state index contributed by atoms with van der Waals surface area (Å²) in [5.74, 6) is -0.976. The summed E-state index contributed by atoms with van der Waals surface area (Å²) in [7, 11) is 0. The molecule has 0 radical (unpaired) electrons. The lowest BCUT2D eigenvalue weighted by Gasteiger charge is -2.20. The van der Waals surface area contributed by atoms with E-state index < -0.39 is 11.4 Å². The highest BCUT2D eigenvalue weighted by molar-refractivity contribution is 5.81. The average molecular weight is 291 g/mol. The van der Waals surface area contributed by atoms with Crippen LogP contribution >= 0.6 is 0 Å². The monoisotopic (exact) mass is 291 g/mol. The van der Waals surface area contributed by atoms with E-state index in [0.717, 1.165) is 6.42 Å². The largest absolute Gasteiger partial charge is 0.481 e. The number of aliphatic carboxylic acids is 1. The molecule has 1 atom stereocenters. The van der Waals surface area contributed by atoms with Gasteiger partial charge in [0.2, 0.25) is 5.91 Å². The predicted molar refractivity (Wildman–Crippen MR) is 77.9 cm³/mol. The van der Waals surface area contributed by atoms with Crippen molar-refractivity contribution in [3.8, 4) is 0 Å². The van der Waals surface area contributed by atoms with Gasteiger partial charge in [0.25, 0.3) is 0 Å². The highest BCUT2D eigenvalue weighted by Gasteiger charge is 2.41. The summed E-state index contributed by atoms with van der Waals surface area (Å²) in [6.45, 7) is 2.94. The lowest BCUT2D eigenvalue weighted by atomic mass is 9.90. The van der Waals surface area contributed by atoms with Crippen LogP contribution in [0.1, 0.15) is 18.9 Å². The molecule has 21 heavy (non-hydrogen) atoms. The third-order valence-corrected chi connectivity index (χ3v) is 3.95. The molecule has 0 aliphatic carbocycles. The minimum atomic E-state index is -0.845. The van der Waals surface area contributed by atoms with E-state index in [-0.39, 0.29) is 19.1 Å². The first-order valence-corrected chi connectivity index (χ1v) is 7.14. The summed E-state index contributed by atoms with van der Waals surface area (Å²) in [5, 5.41) is 9.14. The highest BCUT2D eigenvalue weighted by atomic mass is 16.5. The zero-order valence-electron chi connectivity index (χ0n) is 12.2. The second-order valence-electron chi connectivity index (χ2n) is 5.72. The number of carboxylic acid groups (broad SMARTS) is 1. The lowest BCUT2D eigenvalue weighted by Crippen LogP contribution is -2.36. The van der Waals surface area contributed by atoms with Crippen molar-refractivity contribution in [3.05, 3.63) is 35.9 Å². The smallest absolute Gasteiger partial charge is 0.311 e. The van der Waals surface area contributed by atoms with E-state index in [4.69, 9.17) is 9.84 Å². The van der Waals surface area contributed by atoms with Crippen LogP contribution in [0.3, 0.4) is 0 Å². The quantitative estimate of drug-likeness (QED) is 0.808. The van der Waals surface area contributed by atoms with Crippen LogP contribution in [0.5, 0.6) is 0 Å². The Hall–Kier alpha value is -1.88. The Morgan fingerprint density at radius 2 is 2.05 bits per heavy atom. The van der Waals surface area contributed by atoms with Crippen molar-refractivity contribution in [2.45, 2.75) is 19.8 Å². The van der Waals surface area contributed by atoms with Gasteiger partial charge in [0.15, 0.2) is 0 Å². The fraction of sp³-hybridized carbons (Fsp3) is 0.500. The van der Waals surface area contributed by atoms with Gasteiger partial charge < -0.3 is 14.7 Å². The summed E-state index contributed by atoms with van der Waals surface area (Å²) in [4.78, 5) is 24.7. The van der Waals surface area contributed by atoms with Gasteiger partial charge in [-0.3, -0.25) is 9.59 Å². The molecule has 5 nitrogen and oxygen atoms in total. The van der Waals surface area contributed by atoms with E-state index in [1.165, 1.54) is 5.56 Å². The Labute approximate surface area is 124 Å². The molecule has 1 heterocycles. The Morgan fingerprint density at radius 3 is 2.67 bits per heavy atom. The van der Waals surface area contributed by atoms with E-state index in [1.54, 1.807) is 11.8 Å². The van der Waals surface area contributed by atoms with E-state index >= 15 is 0 Å². The zero-order valence-corrected chi connectivity index (χ0v) is 12.2. The molecule has 0 aromatic heterocycles. The molecule has 1 aromatic rings. The number of carbonyl (C=O) groups excluding carboxylic acids is 1. The van der Waals surface area contributed by atoms with Gasteiger partial charge in [0.05, 0.1) is 12.0 Å². The van der Waals surface area contributed by atoms with Crippen molar-refractivity contribution in [1.82, 2.24) is 4.90 Å². The van der Waals surface area contributed by atoms with Gasteiger partial charge in [-0.25, -0.2) is 0 Å². The van der Waals surface area contributed by atoms with E-state index in [9.17, 15) is 9.59 Å². The molecule has 0 unspecified atom stereocenters. The van der Waals surface area contributed by atoms with Gasteiger partial charge in [-0.1, -0.05) is 30.3 Å². The maximum Gasteiger partial charge on any atom is 0.311 e. The number of carbonyl (C=O) groups is 2. The standard InChI is InChI=1S/C16H21NO4/c1-16(15(19)20)8-9-17(12-16)14(18)11-21-10-7-13-5-3-2-4-6-13/h2-6H,7-12H2,1H3,(H,19,20)/t16-/m1/s1. The first kappa shape index (κ1) is 15.5. The third kappa shape index (κ3) is 4.04. The molecule has 1 aromatic carbocycles. The lowest BCUT2D eigenvalue weighted by molar-refractivity contribution is -0.147. The highest BCUT2D eigenvalue weighted by Crippen LogP contribution is 2.29. The Kier molecular flexibility index (Phi) is 4.96. The fourth-order valence-corrected chi connectivity index (χ4v) is 2.43. The number of ether oxygens (including phenoxy) is 1. The minimum Gasteiger partial charge on any atom is -0.481 e. The fourth-order valence-electron chi connectivity index (χ4n) is 2.43. The van der Waals surface area contributed by atoms with E-state index in [1.807, 2.05) is 30.3 Å². The van der Waals surface area contributed by atoms with Gasteiger partial charge in [-0.05, 0) is 25.3 Å². The molecular formula is C16H21NO4. The van der Waals surface area contributed by atoms with E-state index in [0.29, 0.717) is 19.6 Å². The first-order chi connectivity index (χ1) is 10.0. The summed E-state index contributed by atoms with van der Waals surface area (Å²) < 4.78 is 5.40. The number of likely N-dealkylation sites (tertiary alicyclic amines) is 1. The van der Waals surface area contributed by atoms with Crippen LogP contribution in [0.4, 0.5) is 0 Å². The molecule has 1 aliphatic heterocycles. The molecule has 1 N–H and O–H groups in total. The van der Waals surface area contributed by atoms with E-state index in [2.05, 4.69) is 0 Å². The number of carboxylic acids is 1. The Morgan fingerprint density at radius 1 is 1.33 bits per heavy atom. The van der Waals surface area contributed by atoms with Gasteiger partial charge in [-0.2, -0.15) is 0 Å². The van der Waals surface area contributed by atoms with Crippen molar-refractivity contribution in [2.75, 3.05) is 26.3 Å². The Balaban J connectivity index is 1.70. The van der Waals surface area contributed by atoms with Crippen molar-refractivity contribution in [3.63, 3.8) is 0 Å². The number of hydrogen-bond donors (Lipinski definition) is 1. The Bertz CT molecular complexity index is 502. The number of hydrogen-bond acceptors (Lipinski definition) is 3. The third-order valence-electron chi connectivity index (χ3n) is 3.95. The molecule has 0 saturated carbocycles. The van der Waals surface area contributed by atoms with Crippen molar-refractivity contribution < 1.29 is 19.4 Å². The van der Waals surface area contributed by atoms with Gasteiger partial charge in [0, 0.05) is 13.1 Å². The second-order valence-corrected chi connectivity index (χ2v) is 5.72. The summed E-state index contributed by atoms with van der Waals surface area (Å²) in [6.07, 6.45) is 1.26. The summed E-state index contributed by atoms with van der Waals surface area (Å²) in [6, 6.07) is 9.93. The van der Waals surface area contributed by atoms with Crippen molar-refractivity contribution in [2.24, 2.45) is 5.41 Å². The molecule has 114 valence electrons. The summed E-state index contributed by atoms with van der Waals surface area (Å²) in [5.41, 5.74) is 0.351. The second kappa shape index (κ2) is 6.72. The maximum atomic E-state index is 12.0. The molecule has 1 fully saturated rings.